The van der Waals surface area contributed by atoms with E-state index in [4.69, 9.17) is 4.74 Å². The number of aliphatic hydroxyl groups is 1. The summed E-state index contributed by atoms with van der Waals surface area (Å²) in [6.45, 7) is 7.54. The van der Waals surface area contributed by atoms with Crippen LogP contribution in [-0.4, -0.2) is 24.8 Å². The van der Waals surface area contributed by atoms with Crippen LogP contribution in [0, 0.1) is 17.8 Å². The summed E-state index contributed by atoms with van der Waals surface area (Å²) in [5.41, 5.74) is 2.98. The van der Waals surface area contributed by atoms with E-state index in [9.17, 15) is 5.11 Å². The lowest BCUT2D eigenvalue weighted by molar-refractivity contribution is 0.238. The summed E-state index contributed by atoms with van der Waals surface area (Å²) in [6.07, 6.45) is 6.50. The Balaban J connectivity index is 1.50. The monoisotopic (exact) mass is 405 g/mol. The van der Waals surface area contributed by atoms with E-state index in [1.807, 2.05) is 36.4 Å². The van der Waals surface area contributed by atoms with Gasteiger partial charge in [-0.1, -0.05) is 57.1 Å². The molecule has 3 rings (SSSR count). The molecule has 0 spiro atoms. The first kappa shape index (κ1) is 22.2. The van der Waals surface area contributed by atoms with Crippen molar-refractivity contribution in [2.75, 3.05) is 24.6 Å². The summed E-state index contributed by atoms with van der Waals surface area (Å²) in [5.74, 6) is 7.73. The molecule has 1 saturated heterocycles. The highest BCUT2D eigenvalue weighted by Crippen LogP contribution is 2.23. The van der Waals surface area contributed by atoms with Crippen molar-refractivity contribution in [1.82, 2.24) is 0 Å². The molecule has 0 aromatic heterocycles. The predicted molar refractivity (Wildman–Crippen MR) is 125 cm³/mol. The first-order chi connectivity index (χ1) is 14.7. The summed E-state index contributed by atoms with van der Waals surface area (Å²) < 4.78 is 5.76. The van der Waals surface area contributed by atoms with Crippen molar-refractivity contribution in [2.24, 2.45) is 5.92 Å². The molecule has 1 heterocycles. The largest absolute Gasteiger partial charge is 0.494 e. The second kappa shape index (κ2) is 11.7. The molecule has 0 bridgehead atoms. The minimum absolute atomic E-state index is 0.744. The van der Waals surface area contributed by atoms with Gasteiger partial charge in [-0.05, 0) is 67.1 Å². The summed E-state index contributed by atoms with van der Waals surface area (Å²) >= 11 is 0. The van der Waals surface area contributed by atoms with Crippen LogP contribution in [0.2, 0.25) is 0 Å². The van der Waals surface area contributed by atoms with Gasteiger partial charge < -0.3 is 14.7 Å². The number of hydrogen-bond donors (Lipinski definition) is 1. The van der Waals surface area contributed by atoms with Crippen molar-refractivity contribution in [3.63, 3.8) is 0 Å². The van der Waals surface area contributed by atoms with E-state index < -0.39 is 6.10 Å². The van der Waals surface area contributed by atoms with Crippen molar-refractivity contribution in [3.8, 4) is 17.6 Å². The van der Waals surface area contributed by atoms with E-state index in [2.05, 4.69) is 42.7 Å². The van der Waals surface area contributed by atoms with Crippen LogP contribution in [0.3, 0.4) is 0 Å². The van der Waals surface area contributed by atoms with Gasteiger partial charge in [0.05, 0.1) is 6.61 Å². The summed E-state index contributed by atoms with van der Waals surface area (Å²) in [4.78, 5) is 2.44. The molecule has 1 aliphatic heterocycles. The molecule has 0 radical (unpaired) electrons. The third kappa shape index (κ3) is 6.82. The number of unbranched alkanes of at least 4 members (excludes halogenated alkanes) is 3. The molecule has 1 N–H and O–H groups in total. The molecule has 3 heteroatoms. The Labute approximate surface area is 182 Å². The lowest BCUT2D eigenvalue weighted by atomic mass is 9.99. The summed E-state index contributed by atoms with van der Waals surface area (Å²) in [7, 11) is 0. The number of benzene rings is 2. The maximum atomic E-state index is 10.4. The molecule has 1 fully saturated rings. The Morgan fingerprint density at radius 1 is 1.00 bits per heavy atom. The minimum Gasteiger partial charge on any atom is -0.494 e. The van der Waals surface area contributed by atoms with E-state index >= 15 is 0 Å². The van der Waals surface area contributed by atoms with Gasteiger partial charge in [-0.3, -0.25) is 0 Å². The van der Waals surface area contributed by atoms with Crippen molar-refractivity contribution in [2.45, 2.75) is 58.5 Å². The number of rotatable bonds is 8. The minimum atomic E-state index is -0.799. The topological polar surface area (TPSA) is 32.7 Å². The van der Waals surface area contributed by atoms with Gasteiger partial charge in [0.2, 0.25) is 0 Å². The Morgan fingerprint density at radius 2 is 1.70 bits per heavy atom. The highest BCUT2D eigenvalue weighted by molar-refractivity contribution is 5.51. The Morgan fingerprint density at radius 3 is 2.37 bits per heavy atom. The fourth-order valence-electron chi connectivity index (χ4n) is 3.72. The number of aliphatic hydroxyl groups excluding tert-OH is 1. The van der Waals surface area contributed by atoms with Gasteiger partial charge in [-0.15, -0.1) is 0 Å². The average molecular weight is 406 g/mol. The van der Waals surface area contributed by atoms with Crippen molar-refractivity contribution in [3.05, 3.63) is 59.7 Å². The maximum Gasteiger partial charge on any atom is 0.140 e. The van der Waals surface area contributed by atoms with Crippen LogP contribution in [0.5, 0.6) is 5.75 Å². The van der Waals surface area contributed by atoms with E-state index in [1.54, 1.807) is 0 Å². The van der Waals surface area contributed by atoms with Gasteiger partial charge in [0.25, 0.3) is 0 Å². The van der Waals surface area contributed by atoms with Crippen LogP contribution in [0.4, 0.5) is 5.69 Å². The molecule has 0 amide bonds. The molecule has 3 nitrogen and oxygen atoms in total. The average Bonchev–Trinajstić information content (AvgIpc) is 2.79. The molecule has 30 heavy (non-hydrogen) atoms. The third-order valence-electron chi connectivity index (χ3n) is 5.83. The van der Waals surface area contributed by atoms with Crippen LogP contribution in [0.15, 0.2) is 48.5 Å². The molecule has 0 aliphatic carbocycles. The quantitative estimate of drug-likeness (QED) is 0.434. The normalized spacial score (nSPS) is 15.4. The maximum absolute atomic E-state index is 10.4. The zero-order valence-corrected chi connectivity index (χ0v) is 18.4. The molecular formula is C27H35NO2. The molecular weight excluding hydrogens is 370 g/mol. The number of nitrogens with zero attached hydrogens (tertiary/aromatic N) is 1. The van der Waals surface area contributed by atoms with Gasteiger partial charge in [-0.25, -0.2) is 0 Å². The van der Waals surface area contributed by atoms with Crippen LogP contribution >= 0.6 is 0 Å². The Hall–Kier alpha value is -2.44. The highest BCUT2D eigenvalue weighted by Gasteiger charge is 2.15. The first-order valence-corrected chi connectivity index (χ1v) is 11.4. The van der Waals surface area contributed by atoms with Gasteiger partial charge in [-0.2, -0.15) is 0 Å². The second-order valence-electron chi connectivity index (χ2n) is 8.37. The fourth-order valence-corrected chi connectivity index (χ4v) is 3.72. The van der Waals surface area contributed by atoms with Gasteiger partial charge >= 0.3 is 0 Å². The number of anilines is 1. The van der Waals surface area contributed by atoms with E-state index in [1.165, 1.54) is 37.8 Å². The van der Waals surface area contributed by atoms with Crippen LogP contribution in [0.25, 0.3) is 0 Å². The van der Waals surface area contributed by atoms with Crippen molar-refractivity contribution >= 4 is 5.69 Å². The number of hydrogen-bond acceptors (Lipinski definition) is 3. The smallest absolute Gasteiger partial charge is 0.140 e. The van der Waals surface area contributed by atoms with Gasteiger partial charge in [0.15, 0.2) is 0 Å². The molecule has 2 aromatic rings. The predicted octanol–water partition coefficient (Wildman–Crippen LogP) is 5.97. The van der Waals surface area contributed by atoms with E-state index in [0.717, 1.165) is 48.9 Å². The molecule has 1 unspecified atom stereocenters. The SMILES string of the molecule is CCCCCCOc1ccc(C(O)C#Cc2ccc(N3CCC(C)CC3)cc2)cc1. The van der Waals surface area contributed by atoms with Gasteiger partial charge in [0, 0.05) is 24.3 Å². The standard InChI is InChI=1S/C27H35NO2/c1-3-4-5-6-21-30-26-14-10-24(11-15-26)27(29)16-9-23-7-12-25(13-8-23)28-19-17-22(2)18-20-28/h7-8,10-15,22,27,29H,3-6,17-21H2,1-2H3. The second-order valence-corrected chi connectivity index (χ2v) is 8.37. The van der Waals surface area contributed by atoms with Gasteiger partial charge in [0.1, 0.15) is 11.9 Å². The zero-order chi connectivity index (χ0) is 21.2. The molecule has 1 atom stereocenters. The third-order valence-corrected chi connectivity index (χ3v) is 5.83. The van der Waals surface area contributed by atoms with Crippen LogP contribution in [-0.2, 0) is 0 Å². The highest BCUT2D eigenvalue weighted by atomic mass is 16.5. The lowest BCUT2D eigenvalue weighted by Crippen LogP contribution is -2.32. The van der Waals surface area contributed by atoms with Crippen molar-refractivity contribution in [1.29, 1.82) is 0 Å². The zero-order valence-electron chi connectivity index (χ0n) is 18.4. The molecule has 160 valence electrons. The fraction of sp³-hybridized carbons (Fsp3) is 0.481. The Kier molecular flexibility index (Phi) is 8.66. The van der Waals surface area contributed by atoms with Crippen LogP contribution in [0.1, 0.15) is 69.6 Å². The number of piperidine rings is 1. The lowest BCUT2D eigenvalue weighted by Gasteiger charge is -2.32. The van der Waals surface area contributed by atoms with E-state index in [-0.39, 0.29) is 0 Å². The Bertz CT molecular complexity index is 809. The number of ether oxygens (including phenoxy) is 1. The first-order valence-electron chi connectivity index (χ1n) is 11.4. The molecule has 2 aromatic carbocycles. The van der Waals surface area contributed by atoms with Crippen LogP contribution < -0.4 is 9.64 Å². The van der Waals surface area contributed by atoms with E-state index in [0.29, 0.717) is 0 Å². The summed E-state index contributed by atoms with van der Waals surface area (Å²) in [6, 6.07) is 16.0. The molecule has 0 saturated carbocycles. The molecule has 1 aliphatic rings. The summed E-state index contributed by atoms with van der Waals surface area (Å²) in [5, 5.41) is 10.4. The van der Waals surface area contributed by atoms with Crippen molar-refractivity contribution < 1.29 is 9.84 Å².